The molecule has 0 saturated heterocycles. The van der Waals surface area contributed by atoms with Gasteiger partial charge in [-0.05, 0) is 13.3 Å². The van der Waals surface area contributed by atoms with Gasteiger partial charge in [0.05, 0.1) is 6.20 Å². The second kappa shape index (κ2) is 5.83. The van der Waals surface area contributed by atoms with Gasteiger partial charge in [-0.1, -0.05) is 18.5 Å². The number of nitrogens with two attached hydrogens (primary N) is 1. The molecule has 2 aromatic heterocycles. The molecule has 2 heterocycles. The Kier molecular flexibility index (Phi) is 4.16. The van der Waals surface area contributed by atoms with Gasteiger partial charge in [0.25, 0.3) is 5.89 Å². The third kappa shape index (κ3) is 2.76. The van der Waals surface area contributed by atoms with Crippen LogP contribution in [-0.4, -0.2) is 26.5 Å². The fourth-order valence-corrected chi connectivity index (χ4v) is 1.84. The molecule has 0 amide bonds. The maximum absolute atomic E-state index is 5.88. The van der Waals surface area contributed by atoms with Gasteiger partial charge in [0, 0.05) is 13.7 Å². The molecule has 19 heavy (non-hydrogen) atoms. The minimum Gasteiger partial charge on any atom is -0.383 e. The van der Waals surface area contributed by atoms with Gasteiger partial charge in [0.1, 0.15) is 17.5 Å². The van der Waals surface area contributed by atoms with Crippen molar-refractivity contribution in [2.75, 3.05) is 12.3 Å². The van der Waals surface area contributed by atoms with Crippen molar-refractivity contribution < 1.29 is 9.26 Å². The molecule has 0 aromatic carbocycles. The lowest BCUT2D eigenvalue weighted by Gasteiger charge is -2.10. The molecule has 2 rings (SSSR count). The number of ether oxygens (including phenoxy) is 1. The third-order valence-electron chi connectivity index (χ3n) is 2.86. The maximum atomic E-state index is 5.88. The second-order valence-electron chi connectivity index (χ2n) is 4.26. The summed E-state index contributed by atoms with van der Waals surface area (Å²) >= 11 is 0. The average Bonchev–Trinajstić information content (AvgIpc) is 2.98. The minimum absolute atomic E-state index is 0.134. The molecule has 0 spiro atoms. The van der Waals surface area contributed by atoms with E-state index in [-0.39, 0.29) is 6.10 Å². The van der Waals surface area contributed by atoms with Crippen molar-refractivity contribution in [3.8, 4) is 11.5 Å². The molecule has 7 heteroatoms. The van der Waals surface area contributed by atoms with Gasteiger partial charge < -0.3 is 15.0 Å². The summed E-state index contributed by atoms with van der Waals surface area (Å²) in [4.78, 5) is 4.36. The summed E-state index contributed by atoms with van der Waals surface area (Å²) in [5.74, 6) is 1.43. The van der Waals surface area contributed by atoms with Crippen LogP contribution in [0.2, 0.25) is 0 Å². The van der Waals surface area contributed by atoms with Gasteiger partial charge >= 0.3 is 0 Å². The monoisotopic (exact) mass is 265 g/mol. The van der Waals surface area contributed by atoms with Crippen LogP contribution < -0.4 is 5.73 Å². The van der Waals surface area contributed by atoms with E-state index < -0.39 is 0 Å². The fraction of sp³-hybridized carbons (Fsp3) is 0.583. The zero-order valence-electron chi connectivity index (χ0n) is 11.5. The quantitative estimate of drug-likeness (QED) is 0.858. The number of nitrogen functional groups attached to an aromatic ring is 1. The summed E-state index contributed by atoms with van der Waals surface area (Å²) < 4.78 is 12.4. The third-order valence-corrected chi connectivity index (χ3v) is 2.86. The van der Waals surface area contributed by atoms with Crippen LogP contribution in [0.1, 0.15) is 38.6 Å². The van der Waals surface area contributed by atoms with E-state index in [1.54, 1.807) is 17.9 Å². The van der Waals surface area contributed by atoms with Crippen LogP contribution >= 0.6 is 0 Å². The first-order valence-corrected chi connectivity index (χ1v) is 6.40. The van der Waals surface area contributed by atoms with Crippen LogP contribution in [0.3, 0.4) is 0 Å². The van der Waals surface area contributed by atoms with Gasteiger partial charge in [0.2, 0.25) is 5.82 Å². The number of aryl methyl sites for hydroxylation is 1. The molecule has 0 radical (unpaired) electrons. The van der Waals surface area contributed by atoms with Crippen molar-refractivity contribution in [2.24, 2.45) is 7.05 Å². The first kappa shape index (κ1) is 13.5. The van der Waals surface area contributed by atoms with Crippen LogP contribution in [0.15, 0.2) is 10.7 Å². The van der Waals surface area contributed by atoms with Gasteiger partial charge in [-0.2, -0.15) is 10.1 Å². The predicted octanol–water partition coefficient (Wildman–Crippen LogP) is 1.93. The summed E-state index contributed by atoms with van der Waals surface area (Å²) in [6.45, 7) is 4.65. The van der Waals surface area contributed by atoms with E-state index in [2.05, 4.69) is 22.2 Å². The lowest BCUT2D eigenvalue weighted by atomic mass is 10.2. The zero-order chi connectivity index (χ0) is 13.8. The average molecular weight is 265 g/mol. The summed E-state index contributed by atoms with van der Waals surface area (Å²) in [5, 5.41) is 8.03. The first-order valence-electron chi connectivity index (χ1n) is 6.40. The highest BCUT2D eigenvalue weighted by molar-refractivity contribution is 5.66. The Bertz CT molecular complexity index is 528. The Morgan fingerprint density at radius 3 is 2.84 bits per heavy atom. The van der Waals surface area contributed by atoms with Gasteiger partial charge in [-0.15, -0.1) is 0 Å². The highest BCUT2D eigenvalue weighted by Gasteiger charge is 2.20. The molecule has 0 aliphatic carbocycles. The van der Waals surface area contributed by atoms with E-state index in [0.717, 1.165) is 12.8 Å². The van der Waals surface area contributed by atoms with Crippen LogP contribution in [-0.2, 0) is 11.8 Å². The summed E-state index contributed by atoms with van der Waals surface area (Å²) in [7, 11) is 1.76. The lowest BCUT2D eigenvalue weighted by molar-refractivity contribution is 0.0478. The van der Waals surface area contributed by atoms with E-state index in [0.29, 0.717) is 29.7 Å². The summed E-state index contributed by atoms with van der Waals surface area (Å²) in [6.07, 6.45) is 3.33. The highest BCUT2D eigenvalue weighted by Crippen LogP contribution is 2.26. The molecular weight excluding hydrogens is 246 g/mol. The number of hydrogen-bond donors (Lipinski definition) is 1. The van der Waals surface area contributed by atoms with Crippen LogP contribution in [0.25, 0.3) is 11.5 Å². The SMILES string of the molecule is CCCC(OCC)c1noc(-c2cnn(C)c2N)n1. The Labute approximate surface area is 111 Å². The van der Waals surface area contributed by atoms with Crippen LogP contribution in [0.4, 0.5) is 5.82 Å². The van der Waals surface area contributed by atoms with E-state index in [1.165, 1.54) is 0 Å². The molecule has 1 atom stereocenters. The molecule has 0 saturated carbocycles. The smallest absolute Gasteiger partial charge is 0.263 e. The topological polar surface area (TPSA) is 92.0 Å². The van der Waals surface area contributed by atoms with Gasteiger partial charge in [-0.25, -0.2) is 0 Å². The van der Waals surface area contributed by atoms with Crippen molar-refractivity contribution in [1.82, 2.24) is 19.9 Å². The normalized spacial score (nSPS) is 12.8. The molecule has 0 aliphatic rings. The van der Waals surface area contributed by atoms with Gasteiger partial charge in [0.15, 0.2) is 0 Å². The van der Waals surface area contributed by atoms with Crippen LogP contribution in [0.5, 0.6) is 0 Å². The summed E-state index contributed by atoms with van der Waals surface area (Å²) in [6, 6.07) is 0. The van der Waals surface area contributed by atoms with E-state index in [1.807, 2.05) is 6.92 Å². The largest absolute Gasteiger partial charge is 0.383 e. The lowest BCUT2D eigenvalue weighted by Crippen LogP contribution is -2.06. The van der Waals surface area contributed by atoms with Crippen LogP contribution in [0, 0.1) is 0 Å². The Morgan fingerprint density at radius 1 is 1.47 bits per heavy atom. The Morgan fingerprint density at radius 2 is 2.26 bits per heavy atom. The van der Waals surface area contributed by atoms with Crippen molar-refractivity contribution in [1.29, 1.82) is 0 Å². The fourth-order valence-electron chi connectivity index (χ4n) is 1.84. The second-order valence-corrected chi connectivity index (χ2v) is 4.26. The van der Waals surface area contributed by atoms with Gasteiger partial charge in [-0.3, -0.25) is 4.68 Å². The standard InChI is InChI=1S/C12H19N5O2/c1-4-6-9(18-5-2)11-15-12(19-16-11)8-7-14-17(3)10(8)13/h7,9H,4-6,13H2,1-3H3. The molecule has 1 unspecified atom stereocenters. The number of rotatable bonds is 6. The van der Waals surface area contributed by atoms with E-state index in [9.17, 15) is 0 Å². The molecular formula is C12H19N5O2. The predicted molar refractivity (Wildman–Crippen MR) is 70.2 cm³/mol. The highest BCUT2D eigenvalue weighted by atomic mass is 16.5. The number of anilines is 1. The maximum Gasteiger partial charge on any atom is 0.263 e. The Hall–Kier alpha value is -1.89. The van der Waals surface area contributed by atoms with E-state index >= 15 is 0 Å². The summed E-state index contributed by atoms with van der Waals surface area (Å²) in [5.41, 5.74) is 6.53. The van der Waals surface area contributed by atoms with E-state index in [4.69, 9.17) is 15.0 Å². The van der Waals surface area contributed by atoms with Crippen molar-refractivity contribution in [3.63, 3.8) is 0 Å². The molecule has 104 valence electrons. The molecule has 0 fully saturated rings. The van der Waals surface area contributed by atoms with Crippen molar-refractivity contribution >= 4 is 5.82 Å². The number of nitrogens with zero attached hydrogens (tertiary/aromatic N) is 4. The molecule has 0 bridgehead atoms. The minimum atomic E-state index is -0.134. The molecule has 7 nitrogen and oxygen atoms in total. The van der Waals surface area contributed by atoms with Crippen molar-refractivity contribution in [2.45, 2.75) is 32.8 Å². The molecule has 2 aromatic rings. The molecule has 0 aliphatic heterocycles. The zero-order valence-corrected chi connectivity index (χ0v) is 11.5. The number of hydrogen-bond acceptors (Lipinski definition) is 6. The van der Waals surface area contributed by atoms with Crippen molar-refractivity contribution in [3.05, 3.63) is 12.0 Å². The first-order chi connectivity index (χ1) is 9.17. The Balaban J connectivity index is 2.24. The molecule has 2 N–H and O–H groups in total. The number of aromatic nitrogens is 4.